The van der Waals surface area contributed by atoms with Gasteiger partial charge >= 0.3 is 0 Å². The first-order chi connectivity index (χ1) is 13.6. The van der Waals surface area contributed by atoms with Gasteiger partial charge in [-0.1, -0.05) is 42.5 Å². The van der Waals surface area contributed by atoms with Gasteiger partial charge in [0.1, 0.15) is 11.5 Å². The monoisotopic (exact) mass is 375 g/mol. The first kappa shape index (κ1) is 17.7. The van der Waals surface area contributed by atoms with Crippen LogP contribution in [-0.4, -0.2) is 25.9 Å². The SMILES string of the molecule is C[C@@H](NC(=O)c1cn[nH]c1-c1ccccc1)c1cnn(-c2ccccc2F)c1. The van der Waals surface area contributed by atoms with Gasteiger partial charge in [0.25, 0.3) is 5.91 Å². The van der Waals surface area contributed by atoms with Crippen LogP contribution in [0.25, 0.3) is 16.9 Å². The van der Waals surface area contributed by atoms with Crippen LogP contribution in [0.2, 0.25) is 0 Å². The van der Waals surface area contributed by atoms with Gasteiger partial charge in [0.15, 0.2) is 0 Å². The molecule has 0 aliphatic heterocycles. The third-order valence-corrected chi connectivity index (χ3v) is 4.50. The van der Waals surface area contributed by atoms with Gasteiger partial charge in [0.05, 0.1) is 29.7 Å². The minimum atomic E-state index is -0.361. The summed E-state index contributed by atoms with van der Waals surface area (Å²) in [5.74, 6) is -0.613. The van der Waals surface area contributed by atoms with Gasteiger partial charge in [-0.2, -0.15) is 10.2 Å². The molecule has 1 amide bonds. The summed E-state index contributed by atoms with van der Waals surface area (Å²) in [4.78, 5) is 12.8. The lowest BCUT2D eigenvalue weighted by Gasteiger charge is -2.12. The van der Waals surface area contributed by atoms with Crippen LogP contribution in [0.15, 0.2) is 73.2 Å². The largest absolute Gasteiger partial charge is 0.345 e. The Morgan fingerprint density at radius 1 is 1.11 bits per heavy atom. The van der Waals surface area contributed by atoms with Gasteiger partial charge in [0.2, 0.25) is 0 Å². The third kappa shape index (κ3) is 3.42. The maximum absolute atomic E-state index is 13.9. The molecule has 0 spiro atoms. The molecule has 0 saturated heterocycles. The molecule has 28 heavy (non-hydrogen) atoms. The summed E-state index contributed by atoms with van der Waals surface area (Å²) in [7, 11) is 0. The fourth-order valence-electron chi connectivity index (χ4n) is 2.97. The van der Waals surface area contributed by atoms with Crippen molar-refractivity contribution in [1.29, 1.82) is 0 Å². The number of aromatic amines is 1. The molecule has 2 heterocycles. The molecular weight excluding hydrogens is 357 g/mol. The average molecular weight is 375 g/mol. The highest BCUT2D eigenvalue weighted by Gasteiger charge is 2.19. The van der Waals surface area contributed by atoms with E-state index in [2.05, 4.69) is 20.6 Å². The Morgan fingerprint density at radius 3 is 2.64 bits per heavy atom. The fourth-order valence-corrected chi connectivity index (χ4v) is 2.97. The molecule has 2 N–H and O–H groups in total. The number of hydrogen-bond acceptors (Lipinski definition) is 3. The van der Waals surface area contributed by atoms with Gasteiger partial charge in [-0.15, -0.1) is 0 Å². The molecule has 140 valence electrons. The molecule has 0 fully saturated rings. The van der Waals surface area contributed by atoms with Crippen LogP contribution < -0.4 is 5.32 Å². The summed E-state index contributed by atoms with van der Waals surface area (Å²) < 4.78 is 15.4. The Labute approximate surface area is 161 Å². The second-order valence-electron chi connectivity index (χ2n) is 6.39. The van der Waals surface area contributed by atoms with Crippen molar-refractivity contribution in [3.8, 4) is 16.9 Å². The molecule has 0 saturated carbocycles. The first-order valence-corrected chi connectivity index (χ1v) is 8.82. The Bertz CT molecular complexity index is 1100. The van der Waals surface area contributed by atoms with Crippen molar-refractivity contribution >= 4 is 5.91 Å². The number of hydrogen-bond donors (Lipinski definition) is 2. The van der Waals surface area contributed by atoms with E-state index in [0.29, 0.717) is 16.9 Å². The van der Waals surface area contributed by atoms with Crippen LogP contribution in [0, 0.1) is 5.82 Å². The Hall–Kier alpha value is -3.74. The van der Waals surface area contributed by atoms with Crippen molar-refractivity contribution in [1.82, 2.24) is 25.3 Å². The Morgan fingerprint density at radius 2 is 1.86 bits per heavy atom. The van der Waals surface area contributed by atoms with Gasteiger partial charge in [-0.25, -0.2) is 9.07 Å². The van der Waals surface area contributed by atoms with E-state index in [0.717, 1.165) is 11.1 Å². The molecule has 2 aromatic carbocycles. The number of nitrogens with zero attached hydrogens (tertiary/aromatic N) is 3. The van der Waals surface area contributed by atoms with E-state index in [4.69, 9.17) is 0 Å². The number of halogens is 1. The lowest BCUT2D eigenvalue weighted by molar-refractivity contribution is 0.0940. The number of H-pyrrole nitrogens is 1. The number of nitrogens with one attached hydrogen (secondary N) is 2. The van der Waals surface area contributed by atoms with E-state index in [1.807, 2.05) is 37.3 Å². The van der Waals surface area contributed by atoms with Crippen molar-refractivity contribution in [3.63, 3.8) is 0 Å². The van der Waals surface area contributed by atoms with E-state index in [9.17, 15) is 9.18 Å². The second-order valence-corrected chi connectivity index (χ2v) is 6.39. The zero-order chi connectivity index (χ0) is 19.5. The highest BCUT2D eigenvalue weighted by Crippen LogP contribution is 2.22. The molecule has 0 radical (unpaired) electrons. The zero-order valence-electron chi connectivity index (χ0n) is 15.1. The van der Waals surface area contributed by atoms with Gasteiger partial charge in [-0.05, 0) is 19.1 Å². The minimum Gasteiger partial charge on any atom is -0.345 e. The first-order valence-electron chi connectivity index (χ1n) is 8.82. The molecule has 0 aliphatic carbocycles. The molecule has 1 atom stereocenters. The summed E-state index contributed by atoms with van der Waals surface area (Å²) in [6.07, 6.45) is 4.83. The normalized spacial score (nSPS) is 11.9. The second kappa shape index (κ2) is 7.48. The minimum absolute atomic E-state index is 0.251. The number of amides is 1. The smallest absolute Gasteiger partial charge is 0.255 e. The topological polar surface area (TPSA) is 75.6 Å². The van der Waals surface area contributed by atoms with Crippen molar-refractivity contribution in [2.45, 2.75) is 13.0 Å². The van der Waals surface area contributed by atoms with E-state index in [1.54, 1.807) is 30.6 Å². The van der Waals surface area contributed by atoms with E-state index >= 15 is 0 Å². The summed E-state index contributed by atoms with van der Waals surface area (Å²) in [5.41, 5.74) is 3.12. The van der Waals surface area contributed by atoms with Gasteiger partial charge < -0.3 is 5.32 Å². The molecule has 0 unspecified atom stereocenters. The molecule has 4 rings (SSSR count). The molecule has 4 aromatic rings. The van der Waals surface area contributed by atoms with E-state index < -0.39 is 0 Å². The fraction of sp³-hybridized carbons (Fsp3) is 0.0952. The molecular formula is C21H18FN5O. The number of carbonyl (C=O) groups is 1. The van der Waals surface area contributed by atoms with Crippen molar-refractivity contribution in [2.75, 3.05) is 0 Å². The number of para-hydroxylation sites is 1. The molecule has 7 heteroatoms. The number of rotatable bonds is 5. The van der Waals surface area contributed by atoms with Crippen molar-refractivity contribution < 1.29 is 9.18 Å². The maximum atomic E-state index is 13.9. The van der Waals surface area contributed by atoms with E-state index in [1.165, 1.54) is 16.9 Å². The number of benzene rings is 2. The van der Waals surface area contributed by atoms with E-state index in [-0.39, 0.29) is 17.8 Å². The summed E-state index contributed by atoms with van der Waals surface area (Å²) in [6.45, 7) is 1.85. The number of aromatic nitrogens is 4. The highest BCUT2D eigenvalue weighted by molar-refractivity contribution is 5.99. The lowest BCUT2D eigenvalue weighted by atomic mass is 10.1. The van der Waals surface area contributed by atoms with Crippen LogP contribution >= 0.6 is 0 Å². The van der Waals surface area contributed by atoms with Crippen molar-refractivity contribution in [2.24, 2.45) is 0 Å². The maximum Gasteiger partial charge on any atom is 0.255 e. The summed E-state index contributed by atoms with van der Waals surface area (Å²) in [5, 5.41) is 14.0. The predicted molar refractivity (Wildman–Crippen MR) is 103 cm³/mol. The highest BCUT2D eigenvalue weighted by atomic mass is 19.1. The van der Waals surface area contributed by atoms with Crippen molar-refractivity contribution in [3.05, 3.63) is 90.1 Å². The lowest BCUT2D eigenvalue weighted by Crippen LogP contribution is -2.26. The number of carbonyl (C=O) groups excluding carboxylic acids is 1. The van der Waals surface area contributed by atoms with Gasteiger partial charge in [0, 0.05) is 17.3 Å². The van der Waals surface area contributed by atoms with Crippen LogP contribution in [0.5, 0.6) is 0 Å². The van der Waals surface area contributed by atoms with Crippen LogP contribution in [0.1, 0.15) is 28.9 Å². The molecule has 0 aliphatic rings. The summed E-state index contributed by atoms with van der Waals surface area (Å²) in [6, 6.07) is 15.6. The quantitative estimate of drug-likeness (QED) is 0.556. The Balaban J connectivity index is 1.52. The predicted octanol–water partition coefficient (Wildman–Crippen LogP) is 3.89. The summed E-state index contributed by atoms with van der Waals surface area (Å²) >= 11 is 0. The third-order valence-electron chi connectivity index (χ3n) is 4.50. The zero-order valence-corrected chi connectivity index (χ0v) is 15.1. The molecule has 0 bridgehead atoms. The average Bonchev–Trinajstić information content (AvgIpc) is 3.39. The van der Waals surface area contributed by atoms with Crippen LogP contribution in [0.3, 0.4) is 0 Å². The molecule has 6 nitrogen and oxygen atoms in total. The van der Waals surface area contributed by atoms with Gasteiger partial charge in [-0.3, -0.25) is 9.89 Å². The molecule has 2 aromatic heterocycles. The van der Waals surface area contributed by atoms with Crippen LogP contribution in [-0.2, 0) is 0 Å². The Kier molecular flexibility index (Phi) is 4.72. The van der Waals surface area contributed by atoms with Crippen LogP contribution in [0.4, 0.5) is 4.39 Å². The standard InChI is InChI=1S/C21H18FN5O/c1-14(16-11-24-27(13-16)19-10-6-5-9-18(19)22)25-21(28)17-12-23-26-20(17)15-7-3-2-4-8-15/h2-14H,1H3,(H,23,26)(H,25,28)/t14-/m1/s1.